The van der Waals surface area contributed by atoms with Crippen molar-refractivity contribution in [1.82, 2.24) is 15.2 Å². The molecule has 0 aliphatic carbocycles. The Morgan fingerprint density at radius 3 is 2.77 bits per heavy atom. The van der Waals surface area contributed by atoms with Crippen molar-refractivity contribution in [2.75, 3.05) is 0 Å². The van der Waals surface area contributed by atoms with Gasteiger partial charge in [0.2, 0.25) is 5.89 Å². The van der Waals surface area contributed by atoms with Crippen LogP contribution in [0.15, 0.2) is 39.3 Å². The molecule has 0 saturated carbocycles. The Hall–Kier alpha value is -1.66. The highest BCUT2D eigenvalue weighted by atomic mass is 32.2. The van der Waals surface area contributed by atoms with Crippen LogP contribution in [-0.2, 0) is 12.2 Å². The van der Waals surface area contributed by atoms with Crippen LogP contribution in [0.1, 0.15) is 29.6 Å². The van der Waals surface area contributed by atoms with Crippen LogP contribution in [0, 0.1) is 6.92 Å². The van der Waals surface area contributed by atoms with Gasteiger partial charge in [-0.25, -0.2) is 4.98 Å². The first-order chi connectivity index (χ1) is 10.7. The fourth-order valence-electron chi connectivity index (χ4n) is 1.96. The molecule has 0 radical (unpaired) electrons. The molecule has 0 bridgehead atoms. The maximum Gasteiger partial charge on any atom is 0.277 e. The van der Waals surface area contributed by atoms with Gasteiger partial charge >= 0.3 is 0 Å². The van der Waals surface area contributed by atoms with E-state index in [2.05, 4.69) is 34.4 Å². The van der Waals surface area contributed by atoms with Crippen molar-refractivity contribution in [1.29, 1.82) is 0 Å². The third kappa shape index (κ3) is 3.75. The summed E-state index contributed by atoms with van der Waals surface area (Å²) in [5.41, 5.74) is 3.24. The third-order valence-electron chi connectivity index (χ3n) is 3.11. The minimum absolute atomic E-state index is 0.562. The van der Waals surface area contributed by atoms with Crippen LogP contribution in [0.3, 0.4) is 0 Å². The summed E-state index contributed by atoms with van der Waals surface area (Å²) in [6.07, 6.45) is 2.18. The molecule has 2 aromatic heterocycles. The Balaban J connectivity index is 1.62. The van der Waals surface area contributed by atoms with Gasteiger partial charge in [0.15, 0.2) is 0 Å². The Morgan fingerprint density at radius 1 is 1.18 bits per heavy atom. The van der Waals surface area contributed by atoms with Gasteiger partial charge in [0.1, 0.15) is 0 Å². The molecule has 1 aromatic carbocycles. The second-order valence-electron chi connectivity index (χ2n) is 5.01. The lowest BCUT2D eigenvalue weighted by Gasteiger charge is -1.95. The Kier molecular flexibility index (Phi) is 4.90. The van der Waals surface area contributed by atoms with Crippen molar-refractivity contribution in [2.45, 2.75) is 37.7 Å². The number of hydrogen-bond donors (Lipinski definition) is 0. The monoisotopic (exact) mass is 331 g/mol. The Morgan fingerprint density at radius 2 is 2.00 bits per heavy atom. The Bertz CT molecular complexity index is 734. The van der Waals surface area contributed by atoms with Crippen molar-refractivity contribution in [3.63, 3.8) is 0 Å². The van der Waals surface area contributed by atoms with Crippen LogP contribution in [0.5, 0.6) is 0 Å². The zero-order chi connectivity index (χ0) is 15.4. The molecule has 0 unspecified atom stereocenters. The molecule has 22 heavy (non-hydrogen) atoms. The first-order valence-electron chi connectivity index (χ1n) is 7.21. The summed E-state index contributed by atoms with van der Waals surface area (Å²) in [5, 5.41) is 12.1. The summed E-state index contributed by atoms with van der Waals surface area (Å²) in [4.78, 5) is 4.60. The molecule has 114 valence electrons. The zero-order valence-corrected chi connectivity index (χ0v) is 14.2. The average Bonchev–Trinajstić information content (AvgIpc) is 3.16. The van der Waals surface area contributed by atoms with Gasteiger partial charge in [-0.3, -0.25) is 0 Å². The predicted octanol–water partition coefficient (Wildman–Crippen LogP) is 4.75. The number of nitrogens with zero attached hydrogens (tertiary/aromatic N) is 3. The largest absolute Gasteiger partial charge is 0.411 e. The SMILES string of the molecule is CCCc1nc(CSc2nnc(-c3ccc(C)cc3)o2)cs1. The van der Waals surface area contributed by atoms with Crippen molar-refractivity contribution in [3.05, 3.63) is 45.9 Å². The quantitative estimate of drug-likeness (QED) is 0.610. The van der Waals surface area contributed by atoms with E-state index in [1.165, 1.54) is 22.3 Å². The van der Waals surface area contributed by atoms with Gasteiger partial charge in [-0.2, -0.15) is 0 Å². The predicted molar refractivity (Wildman–Crippen MR) is 90.1 cm³/mol. The normalized spacial score (nSPS) is 11.0. The van der Waals surface area contributed by atoms with Crippen molar-refractivity contribution >= 4 is 23.1 Å². The molecule has 0 atom stereocenters. The lowest BCUT2D eigenvalue weighted by molar-refractivity contribution is 0.466. The lowest BCUT2D eigenvalue weighted by Crippen LogP contribution is -1.84. The summed E-state index contributed by atoms with van der Waals surface area (Å²) in [7, 11) is 0. The van der Waals surface area contributed by atoms with Gasteiger partial charge < -0.3 is 4.42 Å². The molecule has 0 spiro atoms. The molecule has 0 saturated heterocycles. The van der Waals surface area contributed by atoms with Gasteiger partial charge in [-0.05, 0) is 31.9 Å². The van der Waals surface area contributed by atoms with Crippen LogP contribution in [-0.4, -0.2) is 15.2 Å². The van der Waals surface area contributed by atoms with E-state index < -0.39 is 0 Å². The number of benzene rings is 1. The van der Waals surface area contributed by atoms with E-state index in [-0.39, 0.29) is 0 Å². The maximum absolute atomic E-state index is 5.70. The first kappa shape index (κ1) is 15.2. The molecule has 3 rings (SSSR count). The van der Waals surface area contributed by atoms with Gasteiger partial charge in [0, 0.05) is 16.7 Å². The van der Waals surface area contributed by atoms with E-state index in [0.29, 0.717) is 11.1 Å². The fraction of sp³-hybridized carbons (Fsp3) is 0.312. The summed E-state index contributed by atoms with van der Waals surface area (Å²) >= 11 is 3.25. The van der Waals surface area contributed by atoms with E-state index >= 15 is 0 Å². The molecular formula is C16H17N3OS2. The highest BCUT2D eigenvalue weighted by Gasteiger charge is 2.10. The summed E-state index contributed by atoms with van der Waals surface area (Å²) in [5.74, 6) is 1.32. The maximum atomic E-state index is 5.70. The lowest BCUT2D eigenvalue weighted by atomic mass is 10.1. The van der Waals surface area contributed by atoms with Crippen LogP contribution in [0.25, 0.3) is 11.5 Å². The van der Waals surface area contributed by atoms with E-state index in [4.69, 9.17) is 4.42 Å². The smallest absolute Gasteiger partial charge is 0.277 e. The van der Waals surface area contributed by atoms with E-state index in [1.54, 1.807) is 11.3 Å². The number of hydrogen-bond acceptors (Lipinski definition) is 6. The average molecular weight is 331 g/mol. The van der Waals surface area contributed by atoms with Crippen LogP contribution >= 0.6 is 23.1 Å². The van der Waals surface area contributed by atoms with E-state index in [0.717, 1.165) is 29.9 Å². The molecular weight excluding hydrogens is 314 g/mol. The number of thiazole rings is 1. The van der Waals surface area contributed by atoms with Crippen LogP contribution < -0.4 is 0 Å². The summed E-state index contributed by atoms with van der Waals surface area (Å²) in [6.45, 7) is 4.22. The third-order valence-corrected chi connectivity index (χ3v) is 4.92. The molecule has 0 aliphatic heterocycles. The molecule has 0 aliphatic rings. The van der Waals surface area contributed by atoms with Gasteiger partial charge in [-0.1, -0.05) is 36.4 Å². The van der Waals surface area contributed by atoms with E-state index in [1.807, 2.05) is 24.3 Å². The number of rotatable bonds is 6. The second kappa shape index (κ2) is 7.07. The molecule has 6 heteroatoms. The molecule has 0 fully saturated rings. The van der Waals surface area contributed by atoms with Crippen LogP contribution in [0.2, 0.25) is 0 Å². The molecule has 3 aromatic rings. The highest BCUT2D eigenvalue weighted by Crippen LogP contribution is 2.26. The minimum atomic E-state index is 0.562. The standard InChI is InChI=1S/C16H17N3OS2/c1-3-4-14-17-13(9-21-14)10-22-16-19-18-15(20-16)12-7-5-11(2)6-8-12/h5-9H,3-4,10H2,1-2H3. The van der Waals surface area contributed by atoms with E-state index in [9.17, 15) is 0 Å². The molecule has 2 heterocycles. The number of aryl methyl sites for hydroxylation is 2. The molecule has 4 nitrogen and oxygen atoms in total. The number of thioether (sulfide) groups is 1. The zero-order valence-electron chi connectivity index (χ0n) is 12.6. The topological polar surface area (TPSA) is 51.8 Å². The fourth-order valence-corrected chi connectivity index (χ4v) is 3.62. The van der Waals surface area contributed by atoms with Crippen LogP contribution in [0.4, 0.5) is 0 Å². The Labute approximate surface area is 138 Å². The molecule has 0 amide bonds. The summed E-state index contributed by atoms with van der Waals surface area (Å²) < 4.78 is 5.70. The van der Waals surface area contributed by atoms with Gasteiger partial charge in [0.05, 0.1) is 10.7 Å². The van der Waals surface area contributed by atoms with Gasteiger partial charge in [-0.15, -0.1) is 21.5 Å². The van der Waals surface area contributed by atoms with Gasteiger partial charge in [0.25, 0.3) is 5.22 Å². The van der Waals surface area contributed by atoms with Crippen molar-refractivity contribution in [2.24, 2.45) is 0 Å². The first-order valence-corrected chi connectivity index (χ1v) is 9.07. The number of aromatic nitrogens is 3. The summed E-state index contributed by atoms with van der Waals surface area (Å²) in [6, 6.07) is 8.07. The second-order valence-corrected chi connectivity index (χ2v) is 6.88. The van der Waals surface area contributed by atoms with Crippen molar-refractivity contribution < 1.29 is 4.42 Å². The highest BCUT2D eigenvalue weighted by molar-refractivity contribution is 7.98. The van der Waals surface area contributed by atoms with Crippen molar-refractivity contribution in [3.8, 4) is 11.5 Å². The molecule has 0 N–H and O–H groups in total. The minimum Gasteiger partial charge on any atom is -0.411 e.